The summed E-state index contributed by atoms with van der Waals surface area (Å²) >= 11 is 3.64. The molecule has 7 heteroatoms. The van der Waals surface area contributed by atoms with Crippen LogP contribution in [0, 0.1) is 10.5 Å². The SMILES string of the molecule is Cc1ccc(-c2csc3nc(NC(=O)c4ccccc4I)nn23)cc1. The molecule has 0 radical (unpaired) electrons. The Morgan fingerprint density at radius 3 is 2.68 bits per heavy atom. The average molecular weight is 460 g/mol. The molecule has 0 aliphatic rings. The van der Waals surface area contributed by atoms with Gasteiger partial charge in [0, 0.05) is 14.5 Å². The minimum Gasteiger partial charge on any atom is -0.289 e. The lowest BCUT2D eigenvalue weighted by Gasteiger charge is -2.03. The molecule has 0 unspecified atom stereocenters. The molecule has 0 aliphatic heterocycles. The molecule has 1 N–H and O–H groups in total. The summed E-state index contributed by atoms with van der Waals surface area (Å²) < 4.78 is 2.65. The lowest BCUT2D eigenvalue weighted by atomic mass is 10.1. The Kier molecular flexibility index (Phi) is 4.26. The number of halogens is 1. The fourth-order valence-electron chi connectivity index (χ4n) is 2.47. The zero-order valence-electron chi connectivity index (χ0n) is 13.2. The minimum absolute atomic E-state index is 0.208. The Morgan fingerprint density at radius 2 is 1.92 bits per heavy atom. The van der Waals surface area contributed by atoms with Gasteiger partial charge in [0.1, 0.15) is 0 Å². The first kappa shape index (κ1) is 16.2. The lowest BCUT2D eigenvalue weighted by Crippen LogP contribution is -2.14. The summed E-state index contributed by atoms with van der Waals surface area (Å²) in [6.07, 6.45) is 0. The van der Waals surface area contributed by atoms with E-state index in [9.17, 15) is 4.79 Å². The molecule has 25 heavy (non-hydrogen) atoms. The van der Waals surface area contributed by atoms with Gasteiger partial charge < -0.3 is 0 Å². The van der Waals surface area contributed by atoms with E-state index in [1.165, 1.54) is 16.9 Å². The van der Waals surface area contributed by atoms with Gasteiger partial charge in [0.15, 0.2) is 0 Å². The number of carbonyl (C=O) groups excluding carboxylic acids is 1. The average Bonchev–Trinajstić information content (AvgIpc) is 3.16. The predicted octanol–water partition coefficient (Wildman–Crippen LogP) is 4.62. The van der Waals surface area contributed by atoms with Crippen LogP contribution in [-0.2, 0) is 0 Å². The molecular weight excluding hydrogens is 447 g/mol. The molecule has 4 aromatic rings. The number of hydrogen-bond acceptors (Lipinski definition) is 4. The molecule has 0 bridgehead atoms. The molecule has 5 nitrogen and oxygen atoms in total. The molecule has 2 aromatic heterocycles. The summed E-state index contributed by atoms with van der Waals surface area (Å²) in [6.45, 7) is 2.06. The summed E-state index contributed by atoms with van der Waals surface area (Å²) in [5, 5.41) is 9.25. The fourth-order valence-corrected chi connectivity index (χ4v) is 3.93. The van der Waals surface area contributed by atoms with Crippen LogP contribution >= 0.6 is 33.9 Å². The second kappa shape index (κ2) is 6.57. The summed E-state index contributed by atoms with van der Waals surface area (Å²) in [5.74, 6) is 0.102. The van der Waals surface area contributed by atoms with E-state index < -0.39 is 0 Å². The highest BCUT2D eigenvalue weighted by Gasteiger charge is 2.15. The third-order valence-corrected chi connectivity index (χ3v) is 5.53. The maximum atomic E-state index is 12.4. The van der Waals surface area contributed by atoms with Crippen molar-refractivity contribution in [3.8, 4) is 11.3 Å². The Labute approximate surface area is 161 Å². The number of carbonyl (C=O) groups is 1. The topological polar surface area (TPSA) is 59.3 Å². The van der Waals surface area contributed by atoms with E-state index in [0.717, 1.165) is 19.8 Å². The predicted molar refractivity (Wildman–Crippen MR) is 108 cm³/mol. The van der Waals surface area contributed by atoms with Gasteiger partial charge in [-0.2, -0.15) is 4.98 Å². The highest BCUT2D eigenvalue weighted by molar-refractivity contribution is 14.1. The van der Waals surface area contributed by atoms with Gasteiger partial charge in [-0.15, -0.1) is 16.4 Å². The first-order valence-electron chi connectivity index (χ1n) is 7.59. The number of benzene rings is 2. The van der Waals surface area contributed by atoms with Crippen LogP contribution in [-0.4, -0.2) is 20.5 Å². The summed E-state index contributed by atoms with van der Waals surface area (Å²) in [7, 11) is 0. The van der Waals surface area contributed by atoms with Crippen molar-refractivity contribution in [2.75, 3.05) is 5.32 Å². The third kappa shape index (κ3) is 3.16. The van der Waals surface area contributed by atoms with Gasteiger partial charge >= 0.3 is 0 Å². The monoisotopic (exact) mass is 460 g/mol. The van der Waals surface area contributed by atoms with E-state index in [1.807, 2.05) is 23.6 Å². The van der Waals surface area contributed by atoms with Crippen LogP contribution in [0.25, 0.3) is 16.2 Å². The van der Waals surface area contributed by atoms with Crippen LogP contribution in [0.4, 0.5) is 5.95 Å². The molecule has 0 saturated carbocycles. The van der Waals surface area contributed by atoms with Crippen LogP contribution in [0.3, 0.4) is 0 Å². The Morgan fingerprint density at radius 1 is 1.16 bits per heavy atom. The number of hydrogen-bond donors (Lipinski definition) is 1. The standard InChI is InChI=1S/C18H13IN4OS/c1-11-6-8-12(9-7-11)15-10-25-18-21-17(22-23(15)18)20-16(24)13-4-2-3-5-14(13)19/h2-10H,1H3,(H,20,22,24). The highest BCUT2D eigenvalue weighted by atomic mass is 127. The van der Waals surface area contributed by atoms with Gasteiger partial charge in [0.2, 0.25) is 4.96 Å². The summed E-state index contributed by atoms with van der Waals surface area (Å²) in [5.41, 5.74) is 3.85. The van der Waals surface area contributed by atoms with Gasteiger partial charge in [-0.25, -0.2) is 4.52 Å². The van der Waals surface area contributed by atoms with Crippen molar-refractivity contribution < 1.29 is 4.79 Å². The number of anilines is 1. The number of aromatic nitrogens is 3. The van der Waals surface area contributed by atoms with E-state index >= 15 is 0 Å². The molecule has 0 spiro atoms. The quantitative estimate of drug-likeness (QED) is 0.454. The van der Waals surface area contributed by atoms with Crippen molar-refractivity contribution in [2.24, 2.45) is 0 Å². The zero-order valence-corrected chi connectivity index (χ0v) is 16.2. The Hall–Kier alpha value is -2.26. The normalized spacial score (nSPS) is 11.0. The smallest absolute Gasteiger partial charge is 0.259 e. The lowest BCUT2D eigenvalue weighted by molar-refractivity contribution is 0.102. The van der Waals surface area contributed by atoms with E-state index in [1.54, 1.807) is 10.6 Å². The maximum absolute atomic E-state index is 12.4. The Bertz CT molecular complexity index is 1070. The second-order valence-electron chi connectivity index (χ2n) is 5.55. The van der Waals surface area contributed by atoms with Crippen molar-refractivity contribution in [1.82, 2.24) is 14.6 Å². The molecule has 2 heterocycles. The highest BCUT2D eigenvalue weighted by Crippen LogP contribution is 2.26. The number of amides is 1. The molecule has 1 amide bonds. The Balaban J connectivity index is 1.65. The van der Waals surface area contributed by atoms with Gasteiger partial charge in [-0.1, -0.05) is 42.0 Å². The van der Waals surface area contributed by atoms with Gasteiger partial charge in [0.05, 0.1) is 11.3 Å². The molecule has 0 atom stereocenters. The van der Waals surface area contributed by atoms with Gasteiger partial charge in [0.25, 0.3) is 11.9 Å². The summed E-state index contributed by atoms with van der Waals surface area (Å²) in [6, 6.07) is 15.7. The third-order valence-electron chi connectivity index (χ3n) is 3.77. The van der Waals surface area contributed by atoms with Crippen LogP contribution in [0.5, 0.6) is 0 Å². The number of aryl methyl sites for hydroxylation is 1. The van der Waals surface area contributed by atoms with E-state index in [0.29, 0.717) is 11.5 Å². The van der Waals surface area contributed by atoms with Crippen molar-refractivity contribution >= 4 is 50.7 Å². The fraction of sp³-hybridized carbons (Fsp3) is 0.0556. The van der Waals surface area contributed by atoms with Gasteiger partial charge in [-0.05, 0) is 41.6 Å². The van der Waals surface area contributed by atoms with Crippen LogP contribution in [0.1, 0.15) is 15.9 Å². The second-order valence-corrected chi connectivity index (χ2v) is 7.55. The molecule has 0 saturated heterocycles. The van der Waals surface area contributed by atoms with Crippen molar-refractivity contribution in [1.29, 1.82) is 0 Å². The van der Waals surface area contributed by atoms with Crippen molar-refractivity contribution in [2.45, 2.75) is 6.92 Å². The minimum atomic E-state index is -0.208. The number of nitrogens with zero attached hydrogens (tertiary/aromatic N) is 3. The number of rotatable bonds is 3. The first-order chi connectivity index (χ1) is 12.1. The number of nitrogens with one attached hydrogen (secondary N) is 1. The van der Waals surface area contributed by atoms with Crippen LogP contribution in [0.2, 0.25) is 0 Å². The van der Waals surface area contributed by atoms with Crippen LogP contribution in [0.15, 0.2) is 53.9 Å². The van der Waals surface area contributed by atoms with Crippen molar-refractivity contribution in [3.63, 3.8) is 0 Å². The number of fused-ring (bicyclic) bond motifs is 1. The molecule has 0 fully saturated rings. The van der Waals surface area contributed by atoms with Crippen LogP contribution < -0.4 is 5.32 Å². The molecule has 4 rings (SSSR count). The molecule has 124 valence electrons. The zero-order chi connectivity index (χ0) is 17.4. The first-order valence-corrected chi connectivity index (χ1v) is 9.55. The molecular formula is C18H13IN4OS. The van der Waals surface area contributed by atoms with E-state index in [-0.39, 0.29) is 5.91 Å². The summed E-state index contributed by atoms with van der Waals surface area (Å²) in [4.78, 5) is 17.6. The largest absolute Gasteiger partial charge is 0.289 e. The molecule has 2 aromatic carbocycles. The van der Waals surface area contributed by atoms with Crippen molar-refractivity contribution in [3.05, 3.63) is 68.6 Å². The van der Waals surface area contributed by atoms with E-state index in [4.69, 9.17) is 0 Å². The maximum Gasteiger partial charge on any atom is 0.259 e. The van der Waals surface area contributed by atoms with Gasteiger partial charge in [-0.3, -0.25) is 10.1 Å². The van der Waals surface area contributed by atoms with E-state index in [2.05, 4.69) is 69.2 Å². The number of thiazole rings is 1. The molecule has 0 aliphatic carbocycles.